The molecule has 4 nitrogen and oxygen atoms in total. The maximum absolute atomic E-state index is 11.0. The fourth-order valence-electron chi connectivity index (χ4n) is 2.07. The first-order chi connectivity index (χ1) is 9.61. The van der Waals surface area contributed by atoms with Gasteiger partial charge in [0.25, 0.3) is 5.69 Å². The van der Waals surface area contributed by atoms with E-state index in [9.17, 15) is 10.1 Å². The highest BCUT2D eigenvalue weighted by Crippen LogP contribution is 2.28. The normalized spacial score (nSPS) is 10.3. The molecule has 0 aliphatic rings. The van der Waals surface area contributed by atoms with Gasteiger partial charge in [-0.2, -0.15) is 0 Å². The van der Waals surface area contributed by atoms with Crippen LogP contribution in [0.2, 0.25) is 5.02 Å². The number of rotatable bonds is 5. The predicted molar refractivity (Wildman–Crippen MR) is 81.3 cm³/mol. The zero-order valence-corrected chi connectivity index (χ0v) is 11.9. The van der Waals surface area contributed by atoms with E-state index >= 15 is 0 Å². The summed E-state index contributed by atoms with van der Waals surface area (Å²) in [5.74, 6) is 0. The molecule has 0 aromatic heterocycles. The number of halogens is 1. The Morgan fingerprint density at radius 3 is 2.55 bits per heavy atom. The third-order valence-corrected chi connectivity index (χ3v) is 3.36. The van der Waals surface area contributed by atoms with Crippen LogP contribution in [0.15, 0.2) is 42.5 Å². The highest BCUT2D eigenvalue weighted by atomic mass is 35.5. The van der Waals surface area contributed by atoms with Gasteiger partial charge in [-0.3, -0.25) is 10.1 Å². The Kier molecular flexibility index (Phi) is 4.58. The average Bonchev–Trinajstić information content (AvgIpc) is 2.45. The number of anilines is 1. The Morgan fingerprint density at radius 1 is 1.20 bits per heavy atom. The number of aryl methyl sites for hydroxylation is 1. The van der Waals surface area contributed by atoms with Crippen LogP contribution in [0.1, 0.15) is 18.1 Å². The van der Waals surface area contributed by atoms with Gasteiger partial charge in [0.15, 0.2) is 0 Å². The molecule has 0 bridgehead atoms. The molecule has 0 radical (unpaired) electrons. The average molecular weight is 291 g/mol. The van der Waals surface area contributed by atoms with Crippen molar-refractivity contribution in [1.29, 1.82) is 0 Å². The lowest BCUT2D eigenvalue weighted by atomic mass is 10.1. The number of hydrogen-bond acceptors (Lipinski definition) is 3. The molecule has 0 amide bonds. The molecule has 0 fully saturated rings. The SMILES string of the molecule is CCc1ccccc1CNc1cc(Cl)ccc1[N+](=O)[O-]. The van der Waals surface area contributed by atoms with Crippen LogP contribution in [0.25, 0.3) is 0 Å². The quantitative estimate of drug-likeness (QED) is 0.655. The van der Waals surface area contributed by atoms with Crippen LogP contribution in [-0.4, -0.2) is 4.92 Å². The summed E-state index contributed by atoms with van der Waals surface area (Å²) >= 11 is 5.90. The molecule has 0 unspecified atom stereocenters. The number of benzene rings is 2. The van der Waals surface area contributed by atoms with Crippen molar-refractivity contribution < 1.29 is 4.92 Å². The Labute approximate surface area is 122 Å². The van der Waals surface area contributed by atoms with E-state index in [4.69, 9.17) is 11.6 Å². The van der Waals surface area contributed by atoms with E-state index in [0.29, 0.717) is 17.3 Å². The van der Waals surface area contributed by atoms with Crippen molar-refractivity contribution in [2.75, 3.05) is 5.32 Å². The number of nitrogens with one attached hydrogen (secondary N) is 1. The van der Waals surface area contributed by atoms with Gasteiger partial charge >= 0.3 is 0 Å². The minimum Gasteiger partial charge on any atom is -0.375 e. The van der Waals surface area contributed by atoms with E-state index < -0.39 is 4.92 Å². The van der Waals surface area contributed by atoms with Crippen LogP contribution in [-0.2, 0) is 13.0 Å². The van der Waals surface area contributed by atoms with Crippen molar-refractivity contribution in [2.45, 2.75) is 19.9 Å². The molecular formula is C15H15ClN2O2. The summed E-state index contributed by atoms with van der Waals surface area (Å²) in [7, 11) is 0. The van der Waals surface area contributed by atoms with Crippen LogP contribution in [0.3, 0.4) is 0 Å². The zero-order chi connectivity index (χ0) is 14.5. The summed E-state index contributed by atoms with van der Waals surface area (Å²) in [6.45, 7) is 2.62. The standard InChI is InChI=1S/C15H15ClN2O2/c1-2-11-5-3-4-6-12(11)10-17-14-9-13(16)7-8-15(14)18(19)20/h3-9,17H,2,10H2,1H3. The Balaban J connectivity index is 2.22. The van der Waals surface area contributed by atoms with Gasteiger partial charge in [-0.1, -0.05) is 42.8 Å². The number of nitro benzene ring substituents is 1. The second kappa shape index (κ2) is 6.39. The fraction of sp³-hybridized carbons (Fsp3) is 0.200. The van der Waals surface area contributed by atoms with Crippen molar-refractivity contribution >= 4 is 23.0 Å². The molecule has 2 aromatic rings. The second-order valence-corrected chi connectivity index (χ2v) is 4.83. The molecule has 0 saturated heterocycles. The molecule has 0 aliphatic carbocycles. The molecule has 104 valence electrons. The minimum absolute atomic E-state index is 0.0309. The molecule has 0 spiro atoms. The van der Waals surface area contributed by atoms with Gasteiger partial charge in [0, 0.05) is 17.6 Å². The molecule has 1 N–H and O–H groups in total. The van der Waals surface area contributed by atoms with Crippen molar-refractivity contribution in [2.24, 2.45) is 0 Å². The van der Waals surface area contributed by atoms with Crippen molar-refractivity contribution in [3.05, 3.63) is 68.7 Å². The van der Waals surface area contributed by atoms with E-state index in [1.54, 1.807) is 6.07 Å². The monoisotopic (exact) mass is 290 g/mol. The van der Waals surface area contributed by atoms with Crippen molar-refractivity contribution in [1.82, 2.24) is 0 Å². The van der Waals surface area contributed by atoms with Gasteiger partial charge in [0.1, 0.15) is 5.69 Å². The molecule has 2 rings (SSSR count). The maximum atomic E-state index is 11.0. The molecule has 0 heterocycles. The Morgan fingerprint density at radius 2 is 1.90 bits per heavy atom. The van der Waals surface area contributed by atoms with Gasteiger partial charge in [0.05, 0.1) is 4.92 Å². The van der Waals surface area contributed by atoms with Gasteiger partial charge < -0.3 is 5.32 Å². The lowest BCUT2D eigenvalue weighted by Crippen LogP contribution is -2.04. The minimum atomic E-state index is -0.412. The number of nitro groups is 1. The van der Waals surface area contributed by atoms with Crippen LogP contribution >= 0.6 is 11.6 Å². The first-order valence-electron chi connectivity index (χ1n) is 6.36. The molecule has 20 heavy (non-hydrogen) atoms. The van der Waals surface area contributed by atoms with E-state index in [-0.39, 0.29) is 5.69 Å². The van der Waals surface area contributed by atoms with Crippen molar-refractivity contribution in [3.8, 4) is 0 Å². The molecular weight excluding hydrogens is 276 g/mol. The summed E-state index contributed by atoms with van der Waals surface area (Å²) in [4.78, 5) is 10.6. The van der Waals surface area contributed by atoms with Gasteiger partial charge in [-0.15, -0.1) is 0 Å². The molecule has 0 atom stereocenters. The van der Waals surface area contributed by atoms with E-state index in [1.807, 2.05) is 18.2 Å². The summed E-state index contributed by atoms with van der Waals surface area (Å²) in [6.07, 6.45) is 0.926. The maximum Gasteiger partial charge on any atom is 0.292 e. The summed E-state index contributed by atoms with van der Waals surface area (Å²) in [6, 6.07) is 12.5. The summed E-state index contributed by atoms with van der Waals surface area (Å²) < 4.78 is 0. The first kappa shape index (κ1) is 14.3. The highest BCUT2D eigenvalue weighted by molar-refractivity contribution is 6.31. The van der Waals surface area contributed by atoms with Gasteiger partial charge in [-0.25, -0.2) is 0 Å². The van der Waals surface area contributed by atoms with Gasteiger partial charge in [0.2, 0.25) is 0 Å². The Bertz CT molecular complexity index is 629. The third-order valence-electron chi connectivity index (χ3n) is 3.12. The molecule has 0 aliphatic heterocycles. The highest BCUT2D eigenvalue weighted by Gasteiger charge is 2.13. The molecule has 0 saturated carbocycles. The van der Waals surface area contributed by atoms with Crippen LogP contribution in [0.4, 0.5) is 11.4 Å². The van der Waals surface area contributed by atoms with E-state index in [2.05, 4.69) is 18.3 Å². The Hall–Kier alpha value is -2.07. The first-order valence-corrected chi connectivity index (χ1v) is 6.74. The lowest BCUT2D eigenvalue weighted by Gasteiger charge is -2.10. The van der Waals surface area contributed by atoms with E-state index in [1.165, 1.54) is 17.7 Å². The van der Waals surface area contributed by atoms with Crippen LogP contribution in [0.5, 0.6) is 0 Å². The van der Waals surface area contributed by atoms with E-state index in [0.717, 1.165) is 12.0 Å². The van der Waals surface area contributed by atoms with Gasteiger partial charge in [-0.05, 0) is 29.7 Å². The number of hydrogen-bond donors (Lipinski definition) is 1. The van der Waals surface area contributed by atoms with Crippen LogP contribution in [0, 0.1) is 10.1 Å². The zero-order valence-electron chi connectivity index (χ0n) is 11.1. The smallest absolute Gasteiger partial charge is 0.292 e. The van der Waals surface area contributed by atoms with Crippen LogP contribution < -0.4 is 5.32 Å². The van der Waals surface area contributed by atoms with Crippen molar-refractivity contribution in [3.63, 3.8) is 0 Å². The number of nitrogens with zero attached hydrogens (tertiary/aromatic N) is 1. The second-order valence-electron chi connectivity index (χ2n) is 4.39. The predicted octanol–water partition coefficient (Wildman–Crippen LogP) is 4.42. The fourth-order valence-corrected chi connectivity index (χ4v) is 2.25. The largest absolute Gasteiger partial charge is 0.375 e. The molecule has 5 heteroatoms. The topological polar surface area (TPSA) is 55.2 Å². The third kappa shape index (κ3) is 3.27. The lowest BCUT2D eigenvalue weighted by molar-refractivity contribution is -0.384. The summed E-state index contributed by atoms with van der Waals surface area (Å²) in [5, 5.41) is 14.6. The molecule has 2 aromatic carbocycles. The summed E-state index contributed by atoms with van der Waals surface area (Å²) in [5.41, 5.74) is 2.82.